The molecule has 0 radical (unpaired) electrons. The summed E-state index contributed by atoms with van der Waals surface area (Å²) >= 11 is 6.26. The van der Waals surface area contributed by atoms with Crippen LogP contribution in [0.25, 0.3) is 0 Å². The molecule has 1 heterocycles. The van der Waals surface area contributed by atoms with E-state index in [2.05, 4.69) is 0 Å². The quantitative estimate of drug-likeness (QED) is 0.580. The lowest BCUT2D eigenvalue weighted by Crippen LogP contribution is -2.43. The minimum Gasteiger partial charge on any atom is -0.450 e. The number of halogens is 1. The van der Waals surface area contributed by atoms with Crippen LogP contribution in [0.2, 0.25) is 0 Å². The topological polar surface area (TPSA) is 59.1 Å². The maximum absolute atomic E-state index is 12.0. The van der Waals surface area contributed by atoms with Gasteiger partial charge < -0.3 is 9.47 Å². The average molecular weight is 301 g/mol. The number of carbonyl (C=O) groups is 2. The Bertz CT molecular complexity index is 412. The van der Waals surface area contributed by atoms with Crippen molar-refractivity contribution in [2.45, 2.75) is 31.6 Å². The number of allylic oxidation sites excluding steroid dienone is 2. The van der Waals surface area contributed by atoms with Crippen LogP contribution in [0, 0.1) is 0 Å². The summed E-state index contributed by atoms with van der Waals surface area (Å²) in [7, 11) is 0. The van der Waals surface area contributed by atoms with E-state index in [9.17, 15) is 9.59 Å². The first kappa shape index (κ1) is 14.7. The van der Waals surface area contributed by atoms with Gasteiger partial charge in [0.2, 0.25) is 0 Å². The van der Waals surface area contributed by atoms with E-state index in [1.807, 2.05) is 24.3 Å². The molecule has 2 amide bonds. The first-order chi connectivity index (χ1) is 9.61. The second kappa shape index (κ2) is 6.17. The number of nitrogens with zero attached hydrogens (tertiary/aromatic N) is 2. The monoisotopic (exact) mass is 300 g/mol. The molecule has 110 valence electrons. The van der Waals surface area contributed by atoms with Crippen LogP contribution >= 0.6 is 11.6 Å². The Morgan fingerprint density at radius 3 is 1.75 bits per heavy atom. The minimum atomic E-state index is -0.935. The van der Waals surface area contributed by atoms with E-state index in [0.29, 0.717) is 0 Å². The van der Waals surface area contributed by atoms with E-state index in [1.54, 1.807) is 13.8 Å². The Morgan fingerprint density at radius 1 is 1.00 bits per heavy atom. The van der Waals surface area contributed by atoms with E-state index >= 15 is 0 Å². The van der Waals surface area contributed by atoms with Crippen LogP contribution in [0.1, 0.15) is 13.8 Å². The molecular formula is C13H17ClN2O4. The van der Waals surface area contributed by atoms with Crippen LogP contribution in [0.3, 0.4) is 0 Å². The van der Waals surface area contributed by atoms with Crippen LogP contribution in [0.4, 0.5) is 9.59 Å². The zero-order chi connectivity index (χ0) is 14.7. The van der Waals surface area contributed by atoms with Gasteiger partial charge in [-0.15, -0.1) is 0 Å². The average Bonchev–Trinajstić information content (AvgIpc) is 2.71. The van der Waals surface area contributed by atoms with Crippen LogP contribution < -0.4 is 0 Å². The van der Waals surface area contributed by atoms with Gasteiger partial charge in [-0.1, -0.05) is 35.9 Å². The number of ether oxygens (including phenoxy) is 2. The standard InChI is InChI=1S/C13H17ClN2O4/c1-3-19-12(17)15-9-7-5-6-8-10(9)16(11(15)14)13(18)20-4-2/h5-11H,3-4H2,1-2H3. The maximum atomic E-state index is 12.0. The predicted molar refractivity (Wildman–Crippen MR) is 73.2 cm³/mol. The Kier molecular flexibility index (Phi) is 4.54. The van der Waals surface area contributed by atoms with E-state index < -0.39 is 17.8 Å². The molecule has 1 saturated heterocycles. The smallest absolute Gasteiger partial charge is 0.412 e. The Labute approximate surface area is 122 Å². The number of hydrogen-bond donors (Lipinski definition) is 0. The van der Waals surface area contributed by atoms with Crippen molar-refractivity contribution in [2.75, 3.05) is 13.2 Å². The van der Waals surface area contributed by atoms with Gasteiger partial charge in [-0.2, -0.15) is 0 Å². The largest absolute Gasteiger partial charge is 0.450 e. The summed E-state index contributed by atoms with van der Waals surface area (Å²) in [5.41, 5.74) is -0.935. The highest BCUT2D eigenvalue weighted by atomic mass is 35.5. The number of carbonyl (C=O) groups excluding carboxylic acids is 2. The molecule has 2 aliphatic rings. The molecule has 2 rings (SSSR count). The highest BCUT2D eigenvalue weighted by molar-refractivity contribution is 6.22. The van der Waals surface area contributed by atoms with Gasteiger partial charge in [0.25, 0.3) is 0 Å². The molecule has 2 unspecified atom stereocenters. The molecule has 0 aromatic rings. The SMILES string of the molecule is CCOC(=O)N1C2C=CC=CC2N(C(=O)OCC)C1Cl. The highest BCUT2D eigenvalue weighted by Crippen LogP contribution is 2.33. The zero-order valence-corrected chi connectivity index (χ0v) is 12.1. The van der Waals surface area contributed by atoms with Gasteiger partial charge in [0.15, 0.2) is 5.62 Å². The Morgan fingerprint density at radius 2 is 1.40 bits per heavy atom. The van der Waals surface area contributed by atoms with Gasteiger partial charge in [-0.3, -0.25) is 9.80 Å². The van der Waals surface area contributed by atoms with Gasteiger partial charge in [0.05, 0.1) is 25.3 Å². The first-order valence-electron chi connectivity index (χ1n) is 6.51. The van der Waals surface area contributed by atoms with Gasteiger partial charge in [-0.25, -0.2) is 9.59 Å². The molecule has 0 aromatic carbocycles. The first-order valence-corrected chi connectivity index (χ1v) is 6.94. The molecular weight excluding hydrogens is 284 g/mol. The van der Waals surface area contributed by atoms with Crippen molar-refractivity contribution in [2.24, 2.45) is 0 Å². The summed E-state index contributed by atoms with van der Waals surface area (Å²) in [5.74, 6) is 0. The van der Waals surface area contributed by atoms with Crippen LogP contribution in [-0.4, -0.2) is 52.9 Å². The molecule has 0 bridgehead atoms. The van der Waals surface area contributed by atoms with Crippen molar-refractivity contribution >= 4 is 23.8 Å². The summed E-state index contributed by atoms with van der Waals surface area (Å²) < 4.78 is 10.00. The number of hydrogen-bond acceptors (Lipinski definition) is 4. The normalized spacial score (nSPS) is 27.4. The zero-order valence-electron chi connectivity index (χ0n) is 11.4. The van der Waals surface area contributed by atoms with E-state index in [4.69, 9.17) is 21.1 Å². The van der Waals surface area contributed by atoms with Gasteiger partial charge in [0, 0.05) is 0 Å². The van der Waals surface area contributed by atoms with Crippen LogP contribution in [-0.2, 0) is 9.47 Å². The second-order valence-corrected chi connectivity index (χ2v) is 4.66. The highest BCUT2D eigenvalue weighted by Gasteiger charge is 2.50. The molecule has 0 N–H and O–H groups in total. The second-order valence-electron chi connectivity index (χ2n) is 4.27. The van der Waals surface area contributed by atoms with Gasteiger partial charge in [0.1, 0.15) is 0 Å². The van der Waals surface area contributed by atoms with Crippen molar-refractivity contribution in [3.05, 3.63) is 24.3 Å². The van der Waals surface area contributed by atoms with Gasteiger partial charge in [-0.05, 0) is 13.8 Å². The third-order valence-electron chi connectivity index (χ3n) is 3.14. The fourth-order valence-corrected chi connectivity index (χ4v) is 2.75. The molecule has 0 spiro atoms. The number of fused-ring (bicyclic) bond motifs is 1. The van der Waals surface area contributed by atoms with Crippen molar-refractivity contribution in [1.29, 1.82) is 0 Å². The van der Waals surface area contributed by atoms with Crippen molar-refractivity contribution in [1.82, 2.24) is 9.80 Å². The lowest BCUT2D eigenvalue weighted by Gasteiger charge is -2.24. The van der Waals surface area contributed by atoms with Crippen molar-refractivity contribution in [3.8, 4) is 0 Å². The van der Waals surface area contributed by atoms with Crippen molar-refractivity contribution < 1.29 is 19.1 Å². The molecule has 7 heteroatoms. The predicted octanol–water partition coefficient (Wildman–Crippen LogP) is 2.30. The minimum absolute atomic E-state index is 0.245. The van der Waals surface area contributed by atoms with E-state index in [0.717, 1.165) is 0 Å². The van der Waals surface area contributed by atoms with E-state index in [1.165, 1.54) is 9.80 Å². The Balaban J connectivity index is 2.27. The molecule has 1 aliphatic carbocycles. The fraction of sp³-hybridized carbons (Fsp3) is 0.538. The summed E-state index contributed by atoms with van der Waals surface area (Å²) in [6.07, 6.45) is 6.16. The molecule has 1 fully saturated rings. The summed E-state index contributed by atoms with van der Waals surface area (Å²) in [6.45, 7) is 3.92. The Hall–Kier alpha value is -1.69. The summed E-state index contributed by atoms with van der Waals surface area (Å²) in [4.78, 5) is 26.7. The number of alkyl halides is 1. The third-order valence-corrected chi connectivity index (χ3v) is 3.56. The maximum Gasteiger partial charge on any atom is 0.412 e. The van der Waals surface area contributed by atoms with Crippen LogP contribution in [0.5, 0.6) is 0 Å². The molecule has 2 atom stereocenters. The molecule has 6 nitrogen and oxygen atoms in total. The molecule has 20 heavy (non-hydrogen) atoms. The summed E-state index contributed by atoms with van der Waals surface area (Å²) in [6, 6.07) is -0.683. The number of rotatable bonds is 2. The summed E-state index contributed by atoms with van der Waals surface area (Å²) in [5, 5.41) is 0. The van der Waals surface area contributed by atoms with Crippen molar-refractivity contribution in [3.63, 3.8) is 0 Å². The molecule has 0 saturated carbocycles. The molecule has 1 aliphatic heterocycles. The molecule has 0 aromatic heterocycles. The fourth-order valence-electron chi connectivity index (χ4n) is 2.33. The lowest BCUT2D eigenvalue weighted by molar-refractivity contribution is 0.0821. The van der Waals surface area contributed by atoms with Gasteiger partial charge >= 0.3 is 12.2 Å². The lowest BCUT2D eigenvalue weighted by atomic mass is 10.0. The third kappa shape index (κ3) is 2.47. The number of amides is 2. The van der Waals surface area contributed by atoms with Crippen LogP contribution in [0.15, 0.2) is 24.3 Å². The van der Waals surface area contributed by atoms with E-state index in [-0.39, 0.29) is 25.3 Å².